The number of benzene rings is 2. The lowest BCUT2D eigenvalue weighted by atomic mass is 9.69. The van der Waals surface area contributed by atoms with Crippen LogP contribution >= 0.6 is 0 Å². The van der Waals surface area contributed by atoms with Crippen molar-refractivity contribution in [2.45, 2.75) is 46.0 Å². The number of anilines is 2. The second-order valence-corrected chi connectivity index (χ2v) is 10.3. The van der Waals surface area contributed by atoms with Gasteiger partial charge in [0.25, 0.3) is 0 Å². The molecule has 0 bridgehead atoms. The average molecular weight is 441 g/mol. The van der Waals surface area contributed by atoms with Crippen LogP contribution in [0, 0.1) is 5.41 Å². The summed E-state index contributed by atoms with van der Waals surface area (Å²) in [5.41, 5.74) is 8.54. The molecule has 0 amide bonds. The van der Waals surface area contributed by atoms with E-state index in [0.717, 1.165) is 58.0 Å². The van der Waals surface area contributed by atoms with Gasteiger partial charge in [-0.1, -0.05) is 57.2 Å². The molecule has 2 aromatic carbocycles. The third-order valence-corrected chi connectivity index (χ3v) is 6.96. The molecule has 0 saturated heterocycles. The minimum atomic E-state index is -0.143. The van der Waals surface area contributed by atoms with Crippen molar-refractivity contribution in [1.29, 1.82) is 0 Å². The van der Waals surface area contributed by atoms with Gasteiger partial charge in [0.2, 0.25) is 0 Å². The molecule has 0 saturated carbocycles. The Balaban J connectivity index is 1.69. The normalized spacial score (nSPS) is 19.1. The van der Waals surface area contributed by atoms with Crippen molar-refractivity contribution in [3.63, 3.8) is 0 Å². The molecular weight excluding hydrogens is 408 g/mol. The van der Waals surface area contributed by atoms with Crippen LogP contribution in [0.15, 0.2) is 59.8 Å². The second-order valence-electron chi connectivity index (χ2n) is 10.3. The van der Waals surface area contributed by atoms with E-state index in [1.165, 1.54) is 5.56 Å². The minimum Gasteiger partial charge on any atom is -0.378 e. The van der Waals surface area contributed by atoms with Crippen LogP contribution in [0.4, 0.5) is 11.5 Å². The number of fused-ring (bicyclic) bond motifs is 1. The predicted molar refractivity (Wildman–Crippen MR) is 135 cm³/mol. The van der Waals surface area contributed by atoms with E-state index in [1.54, 1.807) is 0 Å². The zero-order chi connectivity index (χ0) is 23.3. The van der Waals surface area contributed by atoms with Crippen molar-refractivity contribution in [2.75, 3.05) is 24.3 Å². The zero-order valence-electron chi connectivity index (χ0n) is 20.1. The smallest absolute Gasteiger partial charge is 0.162 e. The highest BCUT2D eigenvalue weighted by molar-refractivity contribution is 6.02. The average Bonchev–Trinajstić information content (AvgIpc) is 3.20. The van der Waals surface area contributed by atoms with Gasteiger partial charge in [-0.2, -0.15) is 5.10 Å². The molecule has 1 aliphatic heterocycles. The first-order valence-electron chi connectivity index (χ1n) is 11.8. The number of H-pyrrole nitrogens is 1. The fraction of sp³-hybridized carbons (Fsp3) is 0.357. The number of carbonyl (C=O) groups is 1. The molecule has 1 aliphatic carbocycles. The fourth-order valence-corrected chi connectivity index (χ4v) is 5.22. The third-order valence-electron chi connectivity index (χ3n) is 6.96. The van der Waals surface area contributed by atoms with Crippen molar-refractivity contribution in [1.82, 2.24) is 10.2 Å². The van der Waals surface area contributed by atoms with E-state index in [2.05, 4.69) is 89.7 Å². The van der Waals surface area contributed by atoms with Gasteiger partial charge in [0.05, 0.1) is 5.69 Å². The van der Waals surface area contributed by atoms with E-state index in [9.17, 15) is 4.79 Å². The van der Waals surface area contributed by atoms with E-state index in [4.69, 9.17) is 0 Å². The molecule has 5 rings (SSSR count). The molecule has 5 nitrogen and oxygen atoms in total. The Morgan fingerprint density at radius 3 is 2.36 bits per heavy atom. The van der Waals surface area contributed by atoms with E-state index < -0.39 is 0 Å². The summed E-state index contributed by atoms with van der Waals surface area (Å²) >= 11 is 0. The quantitative estimate of drug-likeness (QED) is 0.530. The monoisotopic (exact) mass is 440 g/mol. The van der Waals surface area contributed by atoms with Crippen LogP contribution in [0.2, 0.25) is 0 Å². The van der Waals surface area contributed by atoms with Crippen molar-refractivity contribution >= 4 is 17.3 Å². The van der Waals surface area contributed by atoms with Crippen LogP contribution in [0.5, 0.6) is 0 Å². The maximum absolute atomic E-state index is 13.5. The van der Waals surface area contributed by atoms with Crippen LogP contribution in [0.25, 0.3) is 11.3 Å². The number of nitrogens with zero attached hydrogens (tertiary/aromatic N) is 2. The number of hydrogen-bond acceptors (Lipinski definition) is 4. The van der Waals surface area contributed by atoms with Gasteiger partial charge in [-0.3, -0.25) is 9.89 Å². The molecule has 3 aromatic rings. The summed E-state index contributed by atoms with van der Waals surface area (Å²) < 4.78 is 0. The Morgan fingerprint density at radius 1 is 1.03 bits per heavy atom. The molecule has 1 unspecified atom stereocenters. The highest BCUT2D eigenvalue weighted by Crippen LogP contribution is 2.51. The maximum atomic E-state index is 13.5. The number of hydrogen-bond donors (Lipinski definition) is 2. The van der Waals surface area contributed by atoms with Gasteiger partial charge in [-0.05, 0) is 47.1 Å². The Bertz CT molecular complexity index is 1230. The topological polar surface area (TPSA) is 61.0 Å². The van der Waals surface area contributed by atoms with Gasteiger partial charge in [0.1, 0.15) is 0 Å². The standard InChI is InChI=1S/C28H32N4O/c1-6-17-7-9-19(10-8-17)26-25-23(18-11-13-20(14-12-18)32(4)5)24-21(29-27(25)31-30-26)15-28(2,3)16-22(24)33/h7-14,23H,6,15-16H2,1-5H3,(H2,29,30,31). The van der Waals surface area contributed by atoms with Gasteiger partial charge < -0.3 is 10.2 Å². The van der Waals surface area contributed by atoms with E-state index in [0.29, 0.717) is 6.42 Å². The van der Waals surface area contributed by atoms with Crippen LogP contribution in [-0.2, 0) is 11.2 Å². The summed E-state index contributed by atoms with van der Waals surface area (Å²) in [5.74, 6) is 0.917. The summed E-state index contributed by atoms with van der Waals surface area (Å²) in [6, 6.07) is 17.2. The van der Waals surface area contributed by atoms with E-state index in [-0.39, 0.29) is 17.1 Å². The third kappa shape index (κ3) is 3.75. The first kappa shape index (κ1) is 21.5. The molecule has 0 spiro atoms. The molecule has 170 valence electrons. The Hall–Kier alpha value is -3.34. The minimum absolute atomic E-state index is 0.0606. The second kappa shape index (κ2) is 7.91. The van der Waals surface area contributed by atoms with Gasteiger partial charge in [0, 0.05) is 49.0 Å². The van der Waals surface area contributed by atoms with Crippen LogP contribution in [0.1, 0.15) is 56.2 Å². The van der Waals surface area contributed by atoms with Crippen molar-refractivity contribution in [3.8, 4) is 11.3 Å². The lowest BCUT2D eigenvalue weighted by molar-refractivity contribution is -0.118. The number of aromatic amines is 1. The molecule has 1 aromatic heterocycles. The number of allylic oxidation sites excluding steroid dienone is 2. The molecule has 0 fully saturated rings. The molecule has 0 radical (unpaired) electrons. The number of ketones is 1. The first-order chi connectivity index (χ1) is 15.8. The molecule has 33 heavy (non-hydrogen) atoms. The zero-order valence-corrected chi connectivity index (χ0v) is 20.1. The van der Waals surface area contributed by atoms with Gasteiger partial charge in [-0.15, -0.1) is 0 Å². The number of aromatic nitrogens is 2. The van der Waals surface area contributed by atoms with Gasteiger partial charge in [0.15, 0.2) is 11.6 Å². The van der Waals surface area contributed by atoms with Gasteiger partial charge in [-0.25, -0.2) is 0 Å². The summed E-state index contributed by atoms with van der Waals surface area (Å²) in [4.78, 5) is 15.6. The predicted octanol–water partition coefficient (Wildman–Crippen LogP) is 5.91. The number of nitrogens with one attached hydrogen (secondary N) is 2. The summed E-state index contributed by atoms with van der Waals surface area (Å²) in [6.45, 7) is 6.49. The Kier molecular flexibility index (Phi) is 5.15. The molecular formula is C28H32N4O. The Labute approximate surface area is 195 Å². The summed E-state index contributed by atoms with van der Waals surface area (Å²) in [7, 11) is 4.08. The highest BCUT2D eigenvalue weighted by Gasteiger charge is 2.42. The van der Waals surface area contributed by atoms with Crippen LogP contribution in [0.3, 0.4) is 0 Å². The summed E-state index contributed by atoms with van der Waals surface area (Å²) in [5, 5.41) is 11.5. The molecule has 1 atom stereocenters. The van der Waals surface area contributed by atoms with Crippen LogP contribution in [-0.4, -0.2) is 30.1 Å². The lowest BCUT2D eigenvalue weighted by Gasteiger charge is -2.38. The Morgan fingerprint density at radius 2 is 1.73 bits per heavy atom. The largest absolute Gasteiger partial charge is 0.378 e. The number of aryl methyl sites for hydroxylation is 1. The highest BCUT2D eigenvalue weighted by atomic mass is 16.1. The van der Waals surface area contributed by atoms with Crippen LogP contribution < -0.4 is 10.2 Å². The molecule has 2 heterocycles. The summed E-state index contributed by atoms with van der Waals surface area (Å²) in [6.07, 6.45) is 2.41. The van der Waals surface area contributed by atoms with Gasteiger partial charge >= 0.3 is 0 Å². The molecule has 2 aliphatic rings. The number of rotatable bonds is 4. The first-order valence-corrected chi connectivity index (χ1v) is 11.8. The molecule has 2 N–H and O–H groups in total. The number of carbonyl (C=O) groups excluding carboxylic acids is 1. The molecule has 5 heteroatoms. The van der Waals surface area contributed by atoms with Crippen molar-refractivity contribution in [2.24, 2.45) is 5.41 Å². The maximum Gasteiger partial charge on any atom is 0.162 e. The fourth-order valence-electron chi connectivity index (χ4n) is 5.22. The van der Waals surface area contributed by atoms with E-state index in [1.807, 2.05) is 14.1 Å². The van der Waals surface area contributed by atoms with Crippen molar-refractivity contribution in [3.05, 3.63) is 76.5 Å². The SMILES string of the molecule is CCc1ccc(-c2[nH]nc3c2C(c2ccc(N(C)C)cc2)C2=C(CC(C)(C)CC2=O)N3)cc1. The van der Waals surface area contributed by atoms with Crippen molar-refractivity contribution < 1.29 is 4.79 Å². The lowest BCUT2D eigenvalue weighted by Crippen LogP contribution is -2.33. The van der Waals surface area contributed by atoms with E-state index >= 15 is 0 Å². The number of Topliss-reactive ketones (excluding diaryl/α,β-unsaturated/α-hetero) is 1.